The summed E-state index contributed by atoms with van der Waals surface area (Å²) < 4.78 is 0. The van der Waals surface area contributed by atoms with Gasteiger partial charge in [-0.25, -0.2) is 0 Å². The first-order valence-electron chi connectivity index (χ1n) is 18.2. The van der Waals surface area contributed by atoms with Gasteiger partial charge in [-0.1, -0.05) is 113 Å². The predicted octanol–water partition coefficient (Wildman–Crippen LogP) is 11.9. The van der Waals surface area contributed by atoms with Crippen molar-refractivity contribution in [1.29, 1.82) is 0 Å². The largest absolute Gasteiger partial charge is 0.347 e. The Kier molecular flexibility index (Phi) is 8.23. The minimum absolute atomic E-state index is 0.120. The summed E-state index contributed by atoms with van der Waals surface area (Å²) in [5.74, 6) is 0. The molecule has 0 spiro atoms. The molecular formula is C48H47N2S+. The SMILES string of the molecule is C=Cc1ccc([S+]=C2/C(=C/C=C3\N(C)c4ccc5ccccc5c4C3(C)C)CCC/C2=C\C=C2/N(C)c3ccc4ccccc4c3C2(C)C)cc1. The second-order valence-electron chi connectivity index (χ2n) is 15.3. The Balaban J connectivity index is 1.22. The number of anilines is 2. The molecule has 0 saturated heterocycles. The Morgan fingerprint density at radius 1 is 0.588 bits per heavy atom. The fourth-order valence-electron chi connectivity index (χ4n) is 8.89. The molecule has 0 bridgehead atoms. The summed E-state index contributed by atoms with van der Waals surface area (Å²) in [7, 11) is 4.46. The molecule has 0 aromatic heterocycles. The number of hydrogen-bond donors (Lipinski definition) is 0. The first-order chi connectivity index (χ1) is 24.6. The molecule has 254 valence electrons. The number of benzene rings is 5. The van der Waals surface area contributed by atoms with Crippen molar-refractivity contribution in [2.75, 3.05) is 23.9 Å². The Morgan fingerprint density at radius 3 is 1.53 bits per heavy atom. The molecule has 5 aromatic rings. The number of allylic oxidation sites excluding steroid dienone is 8. The Bertz CT molecular complexity index is 2240. The van der Waals surface area contributed by atoms with Crippen molar-refractivity contribution in [2.24, 2.45) is 0 Å². The molecule has 0 atom stereocenters. The molecule has 0 radical (unpaired) electrons. The van der Waals surface area contributed by atoms with Crippen molar-refractivity contribution >= 4 is 55.2 Å². The molecule has 2 nitrogen and oxygen atoms in total. The second-order valence-corrected chi connectivity index (χ2v) is 16.4. The molecule has 0 N–H and O–H groups in total. The van der Waals surface area contributed by atoms with Crippen LogP contribution in [0.2, 0.25) is 0 Å². The molecule has 0 unspecified atom stereocenters. The van der Waals surface area contributed by atoms with Gasteiger partial charge >= 0.3 is 0 Å². The first kappa shape index (κ1) is 33.2. The molecule has 1 aliphatic carbocycles. The summed E-state index contributed by atoms with van der Waals surface area (Å²) in [5.41, 5.74) is 11.8. The van der Waals surface area contributed by atoms with Crippen molar-refractivity contribution in [2.45, 2.75) is 62.7 Å². The van der Waals surface area contributed by atoms with Crippen LogP contribution >= 0.6 is 0 Å². The van der Waals surface area contributed by atoms with Crippen LogP contribution in [-0.2, 0) is 22.2 Å². The molecule has 3 heteroatoms. The van der Waals surface area contributed by atoms with Gasteiger partial charge in [0.1, 0.15) is 0 Å². The number of nitrogens with zero attached hydrogens (tertiary/aromatic N) is 2. The van der Waals surface area contributed by atoms with Gasteiger partial charge in [-0.15, -0.1) is 0 Å². The predicted molar refractivity (Wildman–Crippen MR) is 224 cm³/mol. The highest BCUT2D eigenvalue weighted by atomic mass is 32.1. The van der Waals surface area contributed by atoms with E-state index in [4.69, 9.17) is 0 Å². The highest BCUT2D eigenvalue weighted by Crippen LogP contribution is 2.51. The van der Waals surface area contributed by atoms with Gasteiger partial charge in [0.05, 0.1) is 0 Å². The topological polar surface area (TPSA) is 6.48 Å². The van der Waals surface area contributed by atoms with Gasteiger partial charge in [0.25, 0.3) is 0 Å². The van der Waals surface area contributed by atoms with E-state index in [-0.39, 0.29) is 10.8 Å². The smallest absolute Gasteiger partial charge is 0.237 e. The number of rotatable bonds is 4. The average Bonchev–Trinajstić information content (AvgIpc) is 3.47. The van der Waals surface area contributed by atoms with Gasteiger partial charge in [-0.2, -0.15) is 0 Å². The zero-order chi connectivity index (χ0) is 35.5. The molecule has 1 saturated carbocycles. The lowest BCUT2D eigenvalue weighted by atomic mass is 9.80. The Morgan fingerprint density at radius 2 is 1.06 bits per heavy atom. The monoisotopic (exact) mass is 683 g/mol. The van der Waals surface area contributed by atoms with Crippen LogP contribution in [0, 0.1) is 0 Å². The van der Waals surface area contributed by atoms with Crippen LogP contribution in [0.15, 0.2) is 155 Å². The molecule has 0 amide bonds. The normalized spacial score (nSPS) is 20.9. The Hall–Kier alpha value is -4.99. The maximum Gasteiger partial charge on any atom is 0.237 e. The fourth-order valence-corrected chi connectivity index (χ4v) is 10.00. The van der Waals surface area contributed by atoms with Crippen LogP contribution in [0.3, 0.4) is 0 Å². The van der Waals surface area contributed by atoms with Crippen LogP contribution in [0.1, 0.15) is 63.6 Å². The summed E-state index contributed by atoms with van der Waals surface area (Å²) >= 11 is 1.90. The van der Waals surface area contributed by atoms with Gasteiger partial charge in [0.2, 0.25) is 21.1 Å². The van der Waals surface area contributed by atoms with E-state index in [0.717, 1.165) is 24.8 Å². The van der Waals surface area contributed by atoms with Gasteiger partial charge in [-0.3, -0.25) is 0 Å². The number of fused-ring (bicyclic) bond motifs is 6. The Labute approximate surface area is 307 Å². The highest BCUT2D eigenvalue weighted by molar-refractivity contribution is 7.79. The summed E-state index contributed by atoms with van der Waals surface area (Å²) in [6.45, 7) is 13.5. The third-order valence-corrected chi connectivity index (χ3v) is 12.7. The van der Waals surface area contributed by atoms with E-state index < -0.39 is 0 Å². The van der Waals surface area contributed by atoms with Crippen molar-refractivity contribution in [1.82, 2.24) is 0 Å². The minimum atomic E-state index is -0.120. The highest BCUT2D eigenvalue weighted by Gasteiger charge is 2.41. The molecule has 51 heavy (non-hydrogen) atoms. The molecule has 3 aliphatic rings. The molecular weight excluding hydrogens is 637 g/mol. The van der Waals surface area contributed by atoms with Crippen LogP contribution in [0.5, 0.6) is 0 Å². The van der Waals surface area contributed by atoms with E-state index in [2.05, 4.69) is 180 Å². The van der Waals surface area contributed by atoms with Crippen molar-refractivity contribution in [3.8, 4) is 0 Å². The van der Waals surface area contributed by atoms with Crippen molar-refractivity contribution in [3.05, 3.63) is 167 Å². The van der Waals surface area contributed by atoms with Gasteiger partial charge in [-0.05, 0) is 93.9 Å². The van der Waals surface area contributed by atoms with E-state index in [9.17, 15) is 0 Å². The van der Waals surface area contributed by atoms with E-state index in [1.54, 1.807) is 0 Å². The standard InChI is InChI=1S/C48H47N2S/c1-8-32-20-26-37(27-21-32)51-46-35(24-30-42-47(2,3)44-38-18-11-9-14-33(38)22-28-40(44)49(42)6)16-13-17-36(46)25-31-43-48(4,5)45-39-19-12-10-15-34(39)23-29-41(45)50(43)7/h8-12,14-15,18-31H,1,13,16-17H2,2-7H3/q+1/b35-24+,36-25+,42-30-,43-31-. The van der Waals surface area contributed by atoms with E-state index >= 15 is 0 Å². The van der Waals surface area contributed by atoms with Crippen LogP contribution < -0.4 is 9.80 Å². The lowest BCUT2D eigenvalue weighted by molar-refractivity contribution is 0.645. The van der Waals surface area contributed by atoms with Gasteiger partial charge < -0.3 is 9.80 Å². The molecule has 2 heterocycles. The maximum atomic E-state index is 3.97. The van der Waals surface area contributed by atoms with Crippen molar-refractivity contribution in [3.63, 3.8) is 0 Å². The van der Waals surface area contributed by atoms with E-state index in [0.29, 0.717) is 0 Å². The lowest BCUT2D eigenvalue weighted by Gasteiger charge is -2.25. The molecule has 1 fully saturated rings. The van der Waals surface area contributed by atoms with Gasteiger partial charge in [0, 0.05) is 71.0 Å². The van der Waals surface area contributed by atoms with Crippen LogP contribution in [0.25, 0.3) is 27.6 Å². The van der Waals surface area contributed by atoms with Crippen LogP contribution in [0.4, 0.5) is 11.4 Å². The van der Waals surface area contributed by atoms with E-state index in [1.807, 2.05) is 17.4 Å². The number of likely N-dealkylation sites (N-methyl/N-ethyl adjacent to an activating group) is 2. The maximum absolute atomic E-state index is 3.97. The minimum Gasteiger partial charge on any atom is -0.347 e. The quantitative estimate of drug-likeness (QED) is 0.106. The second kappa shape index (κ2) is 12.7. The fraction of sp³-hybridized carbons (Fsp3) is 0.229. The molecule has 8 rings (SSSR count). The zero-order valence-electron chi connectivity index (χ0n) is 30.8. The summed E-state index contributed by atoms with van der Waals surface area (Å²) in [5, 5.41) is 5.30. The van der Waals surface area contributed by atoms with E-state index in [1.165, 1.54) is 76.3 Å². The first-order valence-corrected chi connectivity index (χ1v) is 19.0. The zero-order valence-corrected chi connectivity index (χ0v) is 31.6. The lowest BCUT2D eigenvalue weighted by Crippen LogP contribution is -2.23. The summed E-state index contributed by atoms with van der Waals surface area (Å²) in [6, 6.07) is 35.6. The number of hydrogen-bond acceptors (Lipinski definition) is 2. The third-order valence-electron chi connectivity index (χ3n) is 11.5. The van der Waals surface area contributed by atoms with Gasteiger partial charge in [0.15, 0.2) is 0 Å². The average molecular weight is 684 g/mol. The van der Waals surface area contributed by atoms with Crippen molar-refractivity contribution < 1.29 is 0 Å². The molecule has 5 aromatic carbocycles. The third kappa shape index (κ3) is 5.50. The molecule has 2 aliphatic heterocycles. The van der Waals surface area contributed by atoms with Crippen LogP contribution in [-0.4, -0.2) is 19.0 Å². The summed E-state index contributed by atoms with van der Waals surface area (Å²) in [4.78, 5) is 7.44. The summed E-state index contributed by atoms with van der Waals surface area (Å²) in [6.07, 6.45) is 14.8.